The summed E-state index contributed by atoms with van der Waals surface area (Å²) in [6, 6.07) is 0. The molecule has 0 aliphatic heterocycles. The number of hydrogen-bond donors (Lipinski definition) is 5. The summed E-state index contributed by atoms with van der Waals surface area (Å²) in [5.41, 5.74) is 0. The van der Waals surface area contributed by atoms with Crippen LogP contribution in [0.5, 0.6) is 0 Å². The normalized spacial score (nSPS) is 13.8. The second-order valence-corrected chi connectivity index (χ2v) is 7.09. The van der Waals surface area contributed by atoms with Crippen LogP contribution in [0.3, 0.4) is 0 Å². The first-order chi connectivity index (χ1) is 11.4. The van der Waals surface area contributed by atoms with E-state index in [1.807, 2.05) is 0 Å². The molecule has 2 atom stereocenters. The second kappa shape index (κ2) is 15.8. The van der Waals surface area contributed by atoms with Crippen molar-refractivity contribution in [3.63, 3.8) is 0 Å². The first-order valence-corrected chi connectivity index (χ1v) is 9.50. The lowest BCUT2D eigenvalue weighted by atomic mass is 10.2. The number of carbonyl (C=O) groups is 1. The fourth-order valence-corrected chi connectivity index (χ4v) is 3.93. The molecule has 0 saturated heterocycles. The minimum atomic E-state index is -3.07. The van der Waals surface area contributed by atoms with E-state index in [-0.39, 0.29) is 27.3 Å². The van der Waals surface area contributed by atoms with E-state index in [0.29, 0.717) is 19.8 Å². The summed E-state index contributed by atoms with van der Waals surface area (Å²) >= 11 is 0. The first-order valence-electron chi connectivity index (χ1n) is 7.57. The summed E-state index contributed by atoms with van der Waals surface area (Å²) in [6.07, 6.45) is -4.05. The van der Waals surface area contributed by atoms with E-state index < -0.39 is 39.5 Å². The zero-order valence-electron chi connectivity index (χ0n) is 14.1. The maximum absolute atomic E-state index is 11.7. The average molecular weight is 402 g/mol. The molecular formula is C15H35NO9Si. The molecule has 5 N–H and O–H groups in total. The van der Waals surface area contributed by atoms with Gasteiger partial charge in [-0.05, 0) is 20.8 Å². The summed E-state index contributed by atoms with van der Waals surface area (Å²) in [4.78, 5) is 11.7. The topological polar surface area (TPSA) is 147 Å². The molecule has 158 valence electrons. The van der Waals surface area contributed by atoms with Crippen LogP contribution in [-0.2, 0) is 18.0 Å². The Morgan fingerprint density at radius 2 is 1.54 bits per heavy atom. The molecule has 0 aromatic carbocycles. The van der Waals surface area contributed by atoms with Gasteiger partial charge in [-0.1, -0.05) is 14.9 Å². The van der Waals surface area contributed by atoms with Crippen LogP contribution in [0.1, 0.15) is 35.6 Å². The third-order valence-corrected chi connectivity index (χ3v) is 5.52. The maximum atomic E-state index is 11.7. The Labute approximate surface area is 156 Å². The van der Waals surface area contributed by atoms with Gasteiger partial charge in [-0.3, -0.25) is 0 Å². The van der Waals surface area contributed by atoms with Gasteiger partial charge in [-0.2, -0.15) is 0 Å². The molecule has 1 amide bonds. The van der Waals surface area contributed by atoms with E-state index in [1.165, 1.54) is 0 Å². The number of nitrogens with one attached hydrogen (secondary N) is 1. The van der Waals surface area contributed by atoms with Gasteiger partial charge < -0.3 is 43.8 Å². The maximum Gasteiger partial charge on any atom is 0.521 e. The van der Waals surface area contributed by atoms with Crippen LogP contribution in [0.2, 0.25) is 0 Å². The van der Waals surface area contributed by atoms with Crippen LogP contribution in [0.25, 0.3) is 0 Å². The minimum absolute atomic E-state index is 0. The predicted octanol–water partition coefficient (Wildman–Crippen LogP) is 1.25. The van der Waals surface area contributed by atoms with Crippen LogP contribution in [0.15, 0.2) is 12.0 Å². The number of hydrogen-bond acceptors (Lipinski definition) is 9. The molecule has 0 aliphatic rings. The highest BCUT2D eigenvalue weighted by Gasteiger charge is 2.41. The van der Waals surface area contributed by atoms with Gasteiger partial charge in [0.1, 0.15) is 25.1 Å². The van der Waals surface area contributed by atoms with Crippen LogP contribution < -0.4 is 5.32 Å². The average Bonchev–Trinajstić information content (AvgIpc) is 2.57. The summed E-state index contributed by atoms with van der Waals surface area (Å²) in [5.74, 6) is -0.845. The van der Waals surface area contributed by atoms with Crippen LogP contribution in [-0.4, -0.2) is 80.1 Å². The highest BCUT2D eigenvalue weighted by molar-refractivity contribution is 6.61. The summed E-state index contributed by atoms with van der Waals surface area (Å²) in [6.45, 7) is 5.77. The molecule has 0 aromatic rings. The molecule has 11 heteroatoms. The Kier molecular flexibility index (Phi) is 17.9. The molecule has 0 bridgehead atoms. The second-order valence-electron chi connectivity index (χ2n) is 4.50. The summed E-state index contributed by atoms with van der Waals surface area (Å²) in [7, 11) is -3.07. The Morgan fingerprint density at radius 3 is 1.92 bits per heavy atom. The van der Waals surface area contributed by atoms with E-state index in [2.05, 4.69) is 5.32 Å². The minimum Gasteiger partial charge on any atom is -0.512 e. The Balaban J connectivity index is -0.00000264. The predicted molar refractivity (Wildman–Crippen MR) is 98.8 cm³/mol. The van der Waals surface area contributed by atoms with Crippen LogP contribution >= 0.6 is 0 Å². The highest BCUT2D eigenvalue weighted by atomic mass is 28.4. The Bertz CT molecular complexity index is 378. The molecule has 26 heavy (non-hydrogen) atoms. The lowest BCUT2D eigenvalue weighted by Crippen LogP contribution is -2.55. The third kappa shape index (κ3) is 10.6. The van der Waals surface area contributed by atoms with Crippen molar-refractivity contribution < 1.29 is 43.2 Å². The largest absolute Gasteiger partial charge is 0.521 e. The SMILES string of the molecule is C.C.CCO[Si](CNC(=O)OCC(O)C(O)/C(O)=C\O)(OCC)OCC. The molecule has 0 spiro atoms. The van der Waals surface area contributed by atoms with E-state index in [0.717, 1.165) is 0 Å². The van der Waals surface area contributed by atoms with Gasteiger partial charge in [0.2, 0.25) is 0 Å². The first kappa shape index (κ1) is 29.4. The molecule has 2 unspecified atom stereocenters. The van der Waals surface area contributed by atoms with Crippen molar-refractivity contribution in [3.05, 3.63) is 12.0 Å². The van der Waals surface area contributed by atoms with Crippen molar-refractivity contribution in [3.8, 4) is 0 Å². The van der Waals surface area contributed by atoms with E-state index in [1.54, 1.807) is 20.8 Å². The monoisotopic (exact) mass is 401 g/mol. The van der Waals surface area contributed by atoms with Gasteiger partial charge in [0, 0.05) is 19.8 Å². The molecule has 0 rings (SSSR count). The van der Waals surface area contributed by atoms with Crippen molar-refractivity contribution in [2.24, 2.45) is 0 Å². The fourth-order valence-electron chi connectivity index (χ4n) is 1.69. The molecule has 0 radical (unpaired) electrons. The standard InChI is InChI=1S/C13H27NO9Si.2CH4/c1-4-21-24(22-5-2,23-6-3)9-14-13(19)20-8-11(17)12(18)10(16)7-15;;/h7,11-12,15-18H,4-6,8-9H2,1-3H3,(H,14,19);2*1H4/b10-7+;;. The number of amides is 1. The van der Waals surface area contributed by atoms with Gasteiger partial charge >= 0.3 is 14.9 Å². The van der Waals surface area contributed by atoms with Gasteiger partial charge in [-0.25, -0.2) is 4.79 Å². The Hall–Kier alpha value is -1.37. The van der Waals surface area contributed by atoms with E-state index >= 15 is 0 Å². The fraction of sp³-hybridized carbons (Fsp3) is 0.800. The zero-order valence-corrected chi connectivity index (χ0v) is 15.1. The van der Waals surface area contributed by atoms with Gasteiger partial charge in [-0.15, -0.1) is 0 Å². The molecule has 0 aromatic heterocycles. The number of rotatable bonds is 12. The number of aliphatic hydroxyl groups excluding tert-OH is 4. The number of carbonyl (C=O) groups excluding carboxylic acids is 1. The molecule has 0 fully saturated rings. The van der Waals surface area contributed by atoms with E-state index in [4.69, 9.17) is 28.2 Å². The van der Waals surface area contributed by atoms with Crippen molar-refractivity contribution in [1.29, 1.82) is 0 Å². The van der Waals surface area contributed by atoms with Crippen molar-refractivity contribution in [2.45, 2.75) is 47.8 Å². The molecule has 0 aliphatic carbocycles. The third-order valence-electron chi connectivity index (χ3n) is 2.73. The smallest absolute Gasteiger partial charge is 0.512 e. The molecular weight excluding hydrogens is 366 g/mol. The molecule has 0 heterocycles. The van der Waals surface area contributed by atoms with E-state index in [9.17, 15) is 15.0 Å². The summed E-state index contributed by atoms with van der Waals surface area (Å²) < 4.78 is 21.3. The van der Waals surface area contributed by atoms with Crippen LogP contribution in [0, 0.1) is 0 Å². The van der Waals surface area contributed by atoms with Crippen molar-refractivity contribution in [1.82, 2.24) is 5.32 Å². The summed E-state index contributed by atoms with van der Waals surface area (Å²) in [5, 5.41) is 38.9. The highest BCUT2D eigenvalue weighted by Crippen LogP contribution is 2.09. The molecule has 0 saturated carbocycles. The number of alkyl carbamates (subject to hydrolysis) is 1. The number of ether oxygens (including phenoxy) is 1. The Morgan fingerprint density at radius 1 is 1.08 bits per heavy atom. The lowest BCUT2D eigenvalue weighted by Gasteiger charge is -2.28. The van der Waals surface area contributed by atoms with Gasteiger partial charge in [0.25, 0.3) is 0 Å². The van der Waals surface area contributed by atoms with Gasteiger partial charge in [0.05, 0.1) is 6.17 Å². The van der Waals surface area contributed by atoms with Crippen LogP contribution in [0.4, 0.5) is 4.79 Å². The molecule has 10 nitrogen and oxygen atoms in total. The number of aliphatic hydroxyl groups is 4. The lowest BCUT2D eigenvalue weighted by molar-refractivity contribution is -0.0202. The van der Waals surface area contributed by atoms with Crippen molar-refractivity contribution in [2.75, 3.05) is 32.6 Å². The zero-order chi connectivity index (χ0) is 18.6. The quantitative estimate of drug-likeness (QED) is 0.241. The van der Waals surface area contributed by atoms with Crippen molar-refractivity contribution >= 4 is 14.9 Å². The van der Waals surface area contributed by atoms with Gasteiger partial charge in [0.15, 0.2) is 5.76 Å².